The second-order valence-electron chi connectivity index (χ2n) is 10.2. The summed E-state index contributed by atoms with van der Waals surface area (Å²) >= 11 is 0. The summed E-state index contributed by atoms with van der Waals surface area (Å²) < 4.78 is 10.5. The summed E-state index contributed by atoms with van der Waals surface area (Å²) in [6.07, 6.45) is 31.1. The molecule has 216 valence electrons. The number of carbonyl (C=O) groups is 2. The van der Waals surface area contributed by atoms with Gasteiger partial charge in [0.1, 0.15) is 6.61 Å². The van der Waals surface area contributed by atoms with E-state index >= 15 is 0 Å². The molecule has 37 heavy (non-hydrogen) atoms. The standard InChI is InChI=1S/C32H58O5/c1-3-5-7-9-11-13-14-15-16-17-18-19-21-22-24-26-31(34)36-29-30(28-33)37-32(35)27-25-23-20-12-10-8-6-4-2/h4,6,15-16,30,33H,3,5,7-14,17-29H2,1-2H3/b6-4+,16-15+/t30-/m0/s1. The number of allylic oxidation sites excluding steroid dienone is 4. The Morgan fingerprint density at radius 3 is 1.62 bits per heavy atom. The Kier molecular flexibility index (Phi) is 27.7. The van der Waals surface area contributed by atoms with Gasteiger partial charge in [-0.15, -0.1) is 0 Å². The molecule has 0 radical (unpaired) electrons. The van der Waals surface area contributed by atoms with Gasteiger partial charge in [0.2, 0.25) is 0 Å². The molecule has 0 rings (SSSR count). The fourth-order valence-electron chi connectivity index (χ4n) is 4.20. The van der Waals surface area contributed by atoms with Crippen molar-refractivity contribution in [3.63, 3.8) is 0 Å². The Labute approximate surface area is 228 Å². The van der Waals surface area contributed by atoms with Crippen LogP contribution in [0.5, 0.6) is 0 Å². The SMILES string of the molecule is C/C=C/CCCCCCCC(=O)O[C@@H](CO)COC(=O)CCCCCCC/C=C/CCCCCCCC. The van der Waals surface area contributed by atoms with Crippen molar-refractivity contribution in [2.45, 2.75) is 155 Å². The largest absolute Gasteiger partial charge is 0.462 e. The number of hydrogen-bond donors (Lipinski definition) is 1. The first-order valence-corrected chi connectivity index (χ1v) is 15.4. The molecular formula is C32H58O5. The molecule has 0 spiro atoms. The van der Waals surface area contributed by atoms with Gasteiger partial charge in [0.15, 0.2) is 6.10 Å². The molecule has 5 nitrogen and oxygen atoms in total. The zero-order chi connectivity index (χ0) is 27.2. The first kappa shape index (κ1) is 35.4. The average Bonchev–Trinajstić information content (AvgIpc) is 2.90. The van der Waals surface area contributed by atoms with Gasteiger partial charge in [-0.25, -0.2) is 0 Å². The summed E-state index contributed by atoms with van der Waals surface area (Å²) in [6.45, 7) is 3.88. The smallest absolute Gasteiger partial charge is 0.306 e. The molecule has 0 unspecified atom stereocenters. The first-order chi connectivity index (χ1) is 18.1. The van der Waals surface area contributed by atoms with E-state index in [0.717, 1.165) is 51.4 Å². The third-order valence-electron chi connectivity index (χ3n) is 6.56. The number of esters is 2. The number of carbonyl (C=O) groups excluding carboxylic acids is 2. The number of rotatable bonds is 27. The van der Waals surface area contributed by atoms with E-state index in [-0.39, 0.29) is 25.2 Å². The summed E-state index contributed by atoms with van der Waals surface area (Å²) in [5.74, 6) is -0.619. The van der Waals surface area contributed by atoms with Gasteiger partial charge in [-0.1, -0.05) is 102 Å². The van der Waals surface area contributed by atoms with Crippen LogP contribution in [0.15, 0.2) is 24.3 Å². The molecule has 0 aromatic carbocycles. The van der Waals surface area contributed by atoms with Gasteiger partial charge >= 0.3 is 11.9 Å². The Morgan fingerprint density at radius 2 is 1.11 bits per heavy atom. The molecule has 1 N–H and O–H groups in total. The lowest BCUT2D eigenvalue weighted by atomic mass is 10.1. The Bertz CT molecular complexity index is 570. The van der Waals surface area contributed by atoms with E-state index in [2.05, 4.69) is 31.2 Å². The van der Waals surface area contributed by atoms with Crippen LogP contribution >= 0.6 is 0 Å². The van der Waals surface area contributed by atoms with Crippen LogP contribution in [0.1, 0.15) is 149 Å². The van der Waals surface area contributed by atoms with Crippen LogP contribution in [0.4, 0.5) is 0 Å². The molecule has 0 bridgehead atoms. The van der Waals surface area contributed by atoms with Crippen molar-refractivity contribution in [1.29, 1.82) is 0 Å². The van der Waals surface area contributed by atoms with E-state index in [4.69, 9.17) is 9.47 Å². The predicted molar refractivity (Wildman–Crippen MR) is 155 cm³/mol. The molecule has 0 amide bonds. The van der Waals surface area contributed by atoms with Crippen molar-refractivity contribution >= 4 is 11.9 Å². The number of aliphatic hydroxyl groups is 1. The van der Waals surface area contributed by atoms with E-state index in [0.29, 0.717) is 12.8 Å². The molecular weight excluding hydrogens is 464 g/mol. The maximum absolute atomic E-state index is 12.0. The summed E-state index contributed by atoms with van der Waals surface area (Å²) in [4.78, 5) is 23.9. The number of unbranched alkanes of at least 4 members (excludes halogenated alkanes) is 16. The summed E-state index contributed by atoms with van der Waals surface area (Å²) in [6, 6.07) is 0. The minimum atomic E-state index is -0.772. The van der Waals surface area contributed by atoms with Gasteiger partial charge in [0.05, 0.1) is 6.61 Å². The van der Waals surface area contributed by atoms with Gasteiger partial charge in [-0.2, -0.15) is 0 Å². The van der Waals surface area contributed by atoms with Crippen LogP contribution in [0.25, 0.3) is 0 Å². The summed E-state index contributed by atoms with van der Waals surface area (Å²) in [7, 11) is 0. The second-order valence-corrected chi connectivity index (χ2v) is 10.2. The van der Waals surface area contributed by atoms with E-state index < -0.39 is 6.10 Å². The van der Waals surface area contributed by atoms with Gasteiger partial charge in [-0.3, -0.25) is 9.59 Å². The lowest BCUT2D eigenvalue weighted by Crippen LogP contribution is -2.28. The Morgan fingerprint density at radius 1 is 0.649 bits per heavy atom. The monoisotopic (exact) mass is 522 g/mol. The van der Waals surface area contributed by atoms with Crippen molar-refractivity contribution in [3.8, 4) is 0 Å². The minimum absolute atomic E-state index is 0.0723. The van der Waals surface area contributed by atoms with Crippen LogP contribution in [0.3, 0.4) is 0 Å². The third-order valence-corrected chi connectivity index (χ3v) is 6.56. The molecule has 0 fully saturated rings. The third kappa shape index (κ3) is 27.2. The molecule has 0 aliphatic heterocycles. The zero-order valence-electron chi connectivity index (χ0n) is 24.2. The van der Waals surface area contributed by atoms with Crippen molar-refractivity contribution in [1.82, 2.24) is 0 Å². The molecule has 0 saturated carbocycles. The van der Waals surface area contributed by atoms with Crippen LogP contribution in [-0.4, -0.2) is 36.4 Å². The van der Waals surface area contributed by atoms with Crippen molar-refractivity contribution in [3.05, 3.63) is 24.3 Å². The van der Waals surface area contributed by atoms with Crippen LogP contribution in [-0.2, 0) is 19.1 Å². The molecule has 0 aliphatic carbocycles. The number of ether oxygens (including phenoxy) is 2. The molecule has 0 aromatic rings. The lowest BCUT2D eigenvalue weighted by Gasteiger charge is -2.15. The Balaban J connectivity index is 3.59. The fourth-order valence-corrected chi connectivity index (χ4v) is 4.20. The summed E-state index contributed by atoms with van der Waals surface area (Å²) in [5, 5.41) is 9.44. The van der Waals surface area contributed by atoms with Crippen LogP contribution < -0.4 is 0 Å². The normalized spacial score (nSPS) is 12.4. The molecule has 0 aliphatic rings. The van der Waals surface area contributed by atoms with Crippen LogP contribution in [0, 0.1) is 0 Å². The van der Waals surface area contributed by atoms with Crippen molar-refractivity contribution < 1.29 is 24.2 Å². The molecule has 0 saturated heterocycles. The minimum Gasteiger partial charge on any atom is -0.462 e. The highest BCUT2D eigenvalue weighted by Gasteiger charge is 2.16. The highest BCUT2D eigenvalue weighted by atomic mass is 16.6. The highest BCUT2D eigenvalue weighted by Crippen LogP contribution is 2.11. The van der Waals surface area contributed by atoms with E-state index in [1.165, 1.54) is 70.6 Å². The zero-order valence-corrected chi connectivity index (χ0v) is 24.2. The molecule has 0 heterocycles. The highest BCUT2D eigenvalue weighted by molar-refractivity contribution is 5.70. The van der Waals surface area contributed by atoms with Crippen LogP contribution in [0.2, 0.25) is 0 Å². The van der Waals surface area contributed by atoms with E-state index in [1.807, 2.05) is 6.92 Å². The van der Waals surface area contributed by atoms with E-state index in [9.17, 15) is 14.7 Å². The maximum atomic E-state index is 12.0. The fraction of sp³-hybridized carbons (Fsp3) is 0.812. The summed E-state index contributed by atoms with van der Waals surface area (Å²) in [5.41, 5.74) is 0. The van der Waals surface area contributed by atoms with Gasteiger partial charge < -0.3 is 14.6 Å². The number of aliphatic hydroxyl groups excluding tert-OH is 1. The topological polar surface area (TPSA) is 72.8 Å². The maximum Gasteiger partial charge on any atom is 0.306 e. The lowest BCUT2D eigenvalue weighted by molar-refractivity contribution is -0.161. The van der Waals surface area contributed by atoms with E-state index in [1.54, 1.807) is 0 Å². The average molecular weight is 523 g/mol. The molecule has 0 aromatic heterocycles. The van der Waals surface area contributed by atoms with Gasteiger partial charge in [0.25, 0.3) is 0 Å². The predicted octanol–water partition coefficient (Wildman–Crippen LogP) is 8.78. The second kappa shape index (κ2) is 28.9. The van der Waals surface area contributed by atoms with Crippen molar-refractivity contribution in [2.75, 3.05) is 13.2 Å². The van der Waals surface area contributed by atoms with Gasteiger partial charge in [0, 0.05) is 12.8 Å². The Hall–Kier alpha value is -1.62. The molecule has 5 heteroatoms. The number of hydrogen-bond acceptors (Lipinski definition) is 5. The van der Waals surface area contributed by atoms with Crippen molar-refractivity contribution in [2.24, 2.45) is 0 Å². The molecule has 1 atom stereocenters. The van der Waals surface area contributed by atoms with Gasteiger partial charge in [-0.05, 0) is 58.3 Å². The first-order valence-electron chi connectivity index (χ1n) is 15.4. The quantitative estimate of drug-likeness (QED) is 0.0663.